The van der Waals surface area contributed by atoms with Crippen LogP contribution >= 0.6 is 6.79 Å². The molecule has 184 valence electrons. The summed E-state index contributed by atoms with van der Waals surface area (Å²) < 4.78 is 230. The molecule has 0 N–H and O–H groups in total. The van der Waals surface area contributed by atoms with Gasteiger partial charge in [-0.2, -0.15) is 0 Å². The average Bonchev–Trinajstić information content (AvgIpc) is 2.52. The average molecular weight is 519 g/mol. The summed E-state index contributed by atoms with van der Waals surface area (Å²) in [6, 6.07) is 0.162. The van der Waals surface area contributed by atoms with Crippen molar-refractivity contribution in [2.45, 2.75) is 35.5 Å². The second-order valence-corrected chi connectivity index (χ2v) is 10.3. The third-order valence-electron chi connectivity index (χ3n) is 3.90. The molecule has 19 heteroatoms. The predicted molar refractivity (Wildman–Crippen MR) is 69.2 cm³/mol. The molecule has 0 atom stereocenters. The fourth-order valence-corrected chi connectivity index (χ4v) is 5.89. The normalized spacial score (nSPS) is 17.7. The Morgan fingerprint density at radius 2 is 0.742 bits per heavy atom. The van der Waals surface area contributed by atoms with Crippen molar-refractivity contribution in [1.29, 1.82) is 0 Å². The first-order valence-corrected chi connectivity index (χ1v) is 9.27. The number of alkyl halides is 15. The molecule has 1 nitrogen and oxygen atoms in total. The van der Waals surface area contributed by atoms with Crippen molar-refractivity contribution in [2.75, 3.05) is 0 Å². The van der Waals surface area contributed by atoms with Crippen LogP contribution in [0.4, 0.5) is 74.3 Å². The first-order valence-electron chi connectivity index (χ1n) is 6.89. The molecule has 0 unspecified atom stereocenters. The molecule has 0 fully saturated rings. The molecule has 0 bridgehead atoms. The summed E-state index contributed by atoms with van der Waals surface area (Å²) in [6.07, 6.45) is -25.6. The molecule has 0 aliphatic heterocycles. The van der Waals surface area contributed by atoms with Crippen LogP contribution in [-0.2, 0) is 0 Å². The molecular weight excluding hydrogens is 514 g/mol. The molecule has 0 saturated carbocycles. The van der Waals surface area contributed by atoms with Gasteiger partial charge in [-0.15, -0.1) is 0 Å². The van der Waals surface area contributed by atoms with E-state index in [4.69, 9.17) is 0 Å². The van der Waals surface area contributed by atoms with Crippen LogP contribution in [0.1, 0.15) is 0 Å². The molecular formula is C12H5F17OP-. The van der Waals surface area contributed by atoms with Crippen molar-refractivity contribution in [3.8, 4) is 5.75 Å². The SMILES string of the molecule is FC(F)(F)C(F)(F)[P-](F)(F)(Oc1ccccc1)(C(F)(F)C(F)(F)F)C(F)(F)C(F)(F)F. The van der Waals surface area contributed by atoms with Gasteiger partial charge < -0.3 is 0 Å². The van der Waals surface area contributed by atoms with Crippen LogP contribution in [0.15, 0.2) is 30.3 Å². The third-order valence-corrected chi connectivity index (χ3v) is 8.93. The molecule has 0 aliphatic carbocycles. The first kappa shape index (κ1) is 27.3. The van der Waals surface area contributed by atoms with Crippen LogP contribution in [0.3, 0.4) is 0 Å². The van der Waals surface area contributed by atoms with E-state index in [1.165, 1.54) is 0 Å². The maximum atomic E-state index is 15.2. The summed E-state index contributed by atoms with van der Waals surface area (Å²) in [7, 11) is 0. The van der Waals surface area contributed by atoms with E-state index in [2.05, 4.69) is 4.52 Å². The van der Waals surface area contributed by atoms with Crippen LogP contribution in [-0.4, -0.2) is 35.5 Å². The van der Waals surface area contributed by atoms with Crippen LogP contribution in [0.2, 0.25) is 0 Å². The third kappa shape index (κ3) is 2.68. The van der Waals surface area contributed by atoms with E-state index in [9.17, 15) is 65.9 Å². The summed E-state index contributed by atoms with van der Waals surface area (Å²) in [5, 5.41) is 0. The Bertz CT molecular complexity index is 757. The van der Waals surface area contributed by atoms with Gasteiger partial charge in [0.25, 0.3) is 0 Å². The number of para-hydroxylation sites is 1. The minimum atomic E-state index is -14.3. The van der Waals surface area contributed by atoms with E-state index >= 15 is 8.39 Å². The molecule has 0 aliphatic rings. The second kappa shape index (κ2) is 6.19. The Labute approximate surface area is 158 Å². The summed E-state index contributed by atoms with van der Waals surface area (Å²) in [5.41, 5.74) is -28.2. The van der Waals surface area contributed by atoms with E-state index < -0.39 is 60.2 Å². The Hall–Kier alpha value is -1.74. The Balaban J connectivity index is 4.62. The molecule has 0 aromatic heterocycles. The summed E-state index contributed by atoms with van der Waals surface area (Å²) in [5.74, 6) is -2.69. The van der Waals surface area contributed by atoms with Crippen molar-refractivity contribution in [2.24, 2.45) is 0 Å². The van der Waals surface area contributed by atoms with Crippen LogP contribution in [0, 0.1) is 0 Å². The van der Waals surface area contributed by atoms with Gasteiger partial charge in [-0.1, -0.05) is 0 Å². The van der Waals surface area contributed by atoms with Gasteiger partial charge in [0.05, 0.1) is 0 Å². The molecule has 1 rings (SSSR count). The van der Waals surface area contributed by atoms with Gasteiger partial charge in [-0.3, -0.25) is 0 Å². The zero-order valence-corrected chi connectivity index (χ0v) is 14.6. The van der Waals surface area contributed by atoms with Crippen LogP contribution in [0.25, 0.3) is 0 Å². The topological polar surface area (TPSA) is 9.23 Å². The van der Waals surface area contributed by atoms with Gasteiger partial charge in [0.2, 0.25) is 0 Å². The van der Waals surface area contributed by atoms with Gasteiger partial charge in [-0.25, -0.2) is 0 Å². The standard InChI is InChI=1S/C12H5F17OP/c13-7(14,15)10(22,23)31(28,29,11(24,25)8(16,17)18,12(26,27)9(19,20)21)30-6-4-2-1-3-5-6/h1-5H/q-1. The predicted octanol–water partition coefficient (Wildman–Crippen LogP) is 8.30. The minimum absolute atomic E-state index is 0.198. The summed E-state index contributed by atoms with van der Waals surface area (Å²) in [6.45, 7) is -14.3. The van der Waals surface area contributed by atoms with E-state index in [-0.39, 0.29) is 12.1 Å². The molecule has 0 spiro atoms. The number of hydrogen-bond acceptors (Lipinski definition) is 1. The van der Waals surface area contributed by atoms with Gasteiger partial charge in [0.1, 0.15) is 0 Å². The van der Waals surface area contributed by atoms with E-state index in [1.54, 1.807) is 0 Å². The van der Waals surface area contributed by atoms with E-state index in [1.807, 2.05) is 0 Å². The Morgan fingerprint density at radius 1 is 0.484 bits per heavy atom. The monoisotopic (exact) mass is 519 g/mol. The maximum absolute atomic E-state index is 15.2. The van der Waals surface area contributed by atoms with E-state index in [0.717, 1.165) is 0 Å². The number of halogens is 17. The van der Waals surface area contributed by atoms with Crippen molar-refractivity contribution in [3.05, 3.63) is 30.3 Å². The van der Waals surface area contributed by atoms with Gasteiger partial charge in [0, 0.05) is 0 Å². The zero-order chi connectivity index (χ0) is 25.2. The molecule has 1 aromatic rings. The van der Waals surface area contributed by atoms with Crippen molar-refractivity contribution in [1.82, 2.24) is 0 Å². The number of rotatable bonds is 5. The van der Waals surface area contributed by atoms with Crippen LogP contribution < -0.4 is 4.52 Å². The number of benzene rings is 1. The van der Waals surface area contributed by atoms with Crippen molar-refractivity contribution >= 4 is 6.79 Å². The summed E-state index contributed by atoms with van der Waals surface area (Å²) >= 11 is 0. The Kier molecular flexibility index (Phi) is 5.45. The second-order valence-electron chi connectivity index (χ2n) is 5.84. The van der Waals surface area contributed by atoms with Crippen LogP contribution in [0.5, 0.6) is 5.75 Å². The van der Waals surface area contributed by atoms with Gasteiger partial charge >= 0.3 is 157 Å². The van der Waals surface area contributed by atoms with Gasteiger partial charge in [0.15, 0.2) is 0 Å². The molecule has 31 heavy (non-hydrogen) atoms. The molecule has 0 heterocycles. The first-order chi connectivity index (χ1) is 13.2. The van der Waals surface area contributed by atoms with Crippen molar-refractivity contribution in [3.63, 3.8) is 0 Å². The molecule has 0 radical (unpaired) electrons. The number of hydrogen-bond donors (Lipinski definition) is 0. The fourth-order valence-electron chi connectivity index (χ4n) is 2.24. The Morgan fingerprint density at radius 3 is 0.968 bits per heavy atom. The zero-order valence-electron chi connectivity index (χ0n) is 13.7. The molecule has 1 aromatic carbocycles. The quantitative estimate of drug-likeness (QED) is 0.281. The molecule has 0 amide bonds. The summed E-state index contributed by atoms with van der Waals surface area (Å²) in [4.78, 5) is 0. The van der Waals surface area contributed by atoms with Crippen molar-refractivity contribution < 1.29 is 78.8 Å². The fraction of sp³-hybridized carbons (Fsp3) is 0.500. The molecule has 0 saturated heterocycles. The van der Waals surface area contributed by atoms with Gasteiger partial charge in [-0.05, 0) is 0 Å². The van der Waals surface area contributed by atoms with E-state index in [0.29, 0.717) is 6.07 Å².